The maximum Gasteiger partial charge on any atom is 0.168 e. The van der Waals surface area contributed by atoms with Gasteiger partial charge in [-0.1, -0.05) is 6.07 Å². The second kappa shape index (κ2) is 5.18. The first-order chi connectivity index (χ1) is 10.2. The molecule has 104 valence electrons. The van der Waals surface area contributed by atoms with Crippen molar-refractivity contribution >= 4 is 11.6 Å². The van der Waals surface area contributed by atoms with Crippen LogP contribution in [0, 0.1) is 22.7 Å². The van der Waals surface area contributed by atoms with Crippen molar-refractivity contribution in [2.24, 2.45) is 0 Å². The Bertz CT molecular complexity index is 757. The number of benzene rings is 1. The standard InChI is InChI=1S/C15H14N6/c16-8-10-3-1-6-12(7-10)21-14(18)13(9-17)15(20-21)19-11-4-2-5-11/h1,3,6-7,11H,2,4-5,18H2,(H,19,20). The lowest BCUT2D eigenvalue weighted by Gasteiger charge is -2.26. The molecule has 1 heterocycles. The van der Waals surface area contributed by atoms with Gasteiger partial charge in [-0.15, -0.1) is 5.10 Å². The third-order valence-corrected chi connectivity index (χ3v) is 3.70. The number of nitrogens with zero attached hydrogens (tertiary/aromatic N) is 4. The second-order valence-corrected chi connectivity index (χ2v) is 5.07. The van der Waals surface area contributed by atoms with E-state index in [1.165, 1.54) is 11.1 Å². The van der Waals surface area contributed by atoms with Gasteiger partial charge in [-0.05, 0) is 37.5 Å². The van der Waals surface area contributed by atoms with E-state index in [1.807, 2.05) is 0 Å². The predicted molar refractivity (Wildman–Crippen MR) is 78.7 cm³/mol. The highest BCUT2D eigenvalue weighted by Crippen LogP contribution is 2.28. The average Bonchev–Trinajstić information content (AvgIpc) is 2.79. The topological polar surface area (TPSA) is 103 Å². The third-order valence-electron chi connectivity index (χ3n) is 3.70. The number of anilines is 2. The van der Waals surface area contributed by atoms with Crippen molar-refractivity contribution < 1.29 is 0 Å². The van der Waals surface area contributed by atoms with E-state index >= 15 is 0 Å². The van der Waals surface area contributed by atoms with Gasteiger partial charge in [0.25, 0.3) is 0 Å². The number of rotatable bonds is 3. The lowest BCUT2D eigenvalue weighted by atomic mass is 9.93. The first-order valence-electron chi connectivity index (χ1n) is 6.78. The molecule has 3 N–H and O–H groups in total. The van der Waals surface area contributed by atoms with Crippen molar-refractivity contribution in [3.8, 4) is 17.8 Å². The minimum atomic E-state index is 0.286. The molecule has 1 aliphatic carbocycles. The van der Waals surface area contributed by atoms with E-state index in [0.717, 1.165) is 12.8 Å². The van der Waals surface area contributed by atoms with Crippen LogP contribution in [0.25, 0.3) is 5.69 Å². The molecule has 1 fully saturated rings. The molecule has 6 nitrogen and oxygen atoms in total. The quantitative estimate of drug-likeness (QED) is 0.895. The molecule has 0 atom stereocenters. The van der Waals surface area contributed by atoms with Gasteiger partial charge in [0.2, 0.25) is 0 Å². The summed E-state index contributed by atoms with van der Waals surface area (Å²) in [5, 5.41) is 25.9. The minimum Gasteiger partial charge on any atom is -0.382 e. The van der Waals surface area contributed by atoms with Gasteiger partial charge in [-0.3, -0.25) is 0 Å². The molecule has 0 unspecified atom stereocenters. The molecule has 1 aromatic heterocycles. The first kappa shape index (κ1) is 13.0. The van der Waals surface area contributed by atoms with E-state index in [-0.39, 0.29) is 5.82 Å². The Morgan fingerprint density at radius 1 is 1.29 bits per heavy atom. The number of aromatic nitrogens is 2. The first-order valence-corrected chi connectivity index (χ1v) is 6.78. The van der Waals surface area contributed by atoms with Gasteiger partial charge in [0, 0.05) is 6.04 Å². The summed E-state index contributed by atoms with van der Waals surface area (Å²) in [6, 6.07) is 11.5. The summed E-state index contributed by atoms with van der Waals surface area (Å²) in [6.07, 6.45) is 3.36. The lowest BCUT2D eigenvalue weighted by molar-refractivity contribution is 0.444. The summed E-state index contributed by atoms with van der Waals surface area (Å²) in [5.41, 5.74) is 7.57. The molecule has 1 aromatic carbocycles. The van der Waals surface area contributed by atoms with Gasteiger partial charge >= 0.3 is 0 Å². The van der Waals surface area contributed by atoms with Crippen molar-refractivity contribution in [2.45, 2.75) is 25.3 Å². The number of nitrogen functional groups attached to an aromatic ring is 1. The van der Waals surface area contributed by atoms with E-state index in [2.05, 4.69) is 22.6 Å². The van der Waals surface area contributed by atoms with E-state index in [1.54, 1.807) is 24.3 Å². The fourth-order valence-electron chi connectivity index (χ4n) is 2.29. The zero-order chi connectivity index (χ0) is 14.8. The molecule has 21 heavy (non-hydrogen) atoms. The maximum atomic E-state index is 9.29. The van der Waals surface area contributed by atoms with Crippen LogP contribution in [-0.2, 0) is 0 Å². The normalized spacial score (nSPS) is 14.0. The van der Waals surface area contributed by atoms with Gasteiger partial charge in [0.1, 0.15) is 17.5 Å². The summed E-state index contributed by atoms with van der Waals surface area (Å²) in [4.78, 5) is 0. The molecular formula is C15H14N6. The van der Waals surface area contributed by atoms with Gasteiger partial charge in [0.15, 0.2) is 5.82 Å². The van der Waals surface area contributed by atoms with Crippen LogP contribution in [0.2, 0.25) is 0 Å². The summed E-state index contributed by atoms with van der Waals surface area (Å²) in [7, 11) is 0. The number of nitriles is 2. The van der Waals surface area contributed by atoms with Crippen LogP contribution < -0.4 is 11.1 Å². The van der Waals surface area contributed by atoms with E-state index in [9.17, 15) is 5.26 Å². The fourth-order valence-corrected chi connectivity index (χ4v) is 2.29. The number of nitrogens with two attached hydrogens (primary N) is 1. The van der Waals surface area contributed by atoms with Gasteiger partial charge < -0.3 is 11.1 Å². The van der Waals surface area contributed by atoms with Crippen molar-refractivity contribution in [3.63, 3.8) is 0 Å². The summed E-state index contributed by atoms with van der Waals surface area (Å²) >= 11 is 0. The summed E-state index contributed by atoms with van der Waals surface area (Å²) < 4.78 is 1.50. The second-order valence-electron chi connectivity index (χ2n) is 5.07. The smallest absolute Gasteiger partial charge is 0.168 e. The minimum absolute atomic E-state index is 0.286. The van der Waals surface area contributed by atoms with Crippen LogP contribution in [0.3, 0.4) is 0 Å². The molecule has 1 saturated carbocycles. The lowest BCUT2D eigenvalue weighted by Crippen LogP contribution is -2.27. The molecule has 0 aliphatic heterocycles. The molecule has 0 bridgehead atoms. The van der Waals surface area contributed by atoms with E-state index in [0.29, 0.717) is 28.7 Å². The monoisotopic (exact) mass is 278 g/mol. The zero-order valence-corrected chi connectivity index (χ0v) is 11.4. The molecule has 3 rings (SSSR count). The van der Waals surface area contributed by atoms with Crippen molar-refractivity contribution in [1.82, 2.24) is 9.78 Å². The van der Waals surface area contributed by atoms with E-state index in [4.69, 9.17) is 11.0 Å². The Hall–Kier alpha value is -2.99. The molecule has 0 amide bonds. The molecule has 1 aliphatic rings. The highest BCUT2D eigenvalue weighted by Gasteiger charge is 2.22. The van der Waals surface area contributed by atoms with Crippen molar-refractivity contribution in [1.29, 1.82) is 10.5 Å². The Balaban J connectivity index is 2.02. The number of hydrogen-bond acceptors (Lipinski definition) is 5. The molecule has 0 radical (unpaired) electrons. The highest BCUT2D eigenvalue weighted by molar-refractivity contribution is 5.66. The Labute approximate surface area is 122 Å². The molecule has 0 spiro atoms. The van der Waals surface area contributed by atoms with Crippen molar-refractivity contribution in [3.05, 3.63) is 35.4 Å². The van der Waals surface area contributed by atoms with Crippen LogP contribution in [0.5, 0.6) is 0 Å². The third kappa shape index (κ3) is 2.28. The van der Waals surface area contributed by atoms with Crippen LogP contribution in [0.4, 0.5) is 11.6 Å². The Morgan fingerprint density at radius 3 is 2.71 bits per heavy atom. The molecule has 0 saturated heterocycles. The number of hydrogen-bond donors (Lipinski definition) is 2. The molecule has 6 heteroatoms. The molecular weight excluding hydrogens is 264 g/mol. The predicted octanol–water partition coefficient (Wildman–Crippen LogP) is 2.16. The van der Waals surface area contributed by atoms with Gasteiger partial charge in [-0.2, -0.15) is 10.5 Å². The highest BCUT2D eigenvalue weighted by atomic mass is 15.4. The SMILES string of the molecule is N#Cc1cccc(-n2nc(NC3CCC3)c(C#N)c2N)c1. The van der Waals surface area contributed by atoms with Gasteiger partial charge in [0.05, 0.1) is 17.3 Å². The maximum absolute atomic E-state index is 9.29. The van der Waals surface area contributed by atoms with Gasteiger partial charge in [-0.25, -0.2) is 4.68 Å². The average molecular weight is 278 g/mol. The van der Waals surface area contributed by atoms with E-state index < -0.39 is 0 Å². The van der Waals surface area contributed by atoms with Crippen LogP contribution >= 0.6 is 0 Å². The summed E-state index contributed by atoms with van der Waals surface area (Å²) in [6.45, 7) is 0. The molecule has 2 aromatic rings. The van der Waals surface area contributed by atoms with Crippen LogP contribution in [0.1, 0.15) is 30.4 Å². The Kier molecular flexibility index (Phi) is 3.21. The fraction of sp³-hybridized carbons (Fsp3) is 0.267. The zero-order valence-electron chi connectivity index (χ0n) is 11.4. The van der Waals surface area contributed by atoms with Crippen LogP contribution in [0.15, 0.2) is 24.3 Å². The number of nitrogens with one attached hydrogen (secondary N) is 1. The van der Waals surface area contributed by atoms with Crippen LogP contribution in [-0.4, -0.2) is 15.8 Å². The summed E-state index contributed by atoms with van der Waals surface area (Å²) in [5.74, 6) is 0.802. The largest absolute Gasteiger partial charge is 0.382 e. The Morgan fingerprint density at radius 2 is 2.10 bits per heavy atom. The van der Waals surface area contributed by atoms with Crippen molar-refractivity contribution in [2.75, 3.05) is 11.1 Å².